The van der Waals surface area contributed by atoms with Gasteiger partial charge in [-0.1, -0.05) is 6.07 Å². The molecule has 23 heavy (non-hydrogen) atoms. The van der Waals surface area contributed by atoms with Crippen LogP contribution in [0.5, 0.6) is 0 Å². The summed E-state index contributed by atoms with van der Waals surface area (Å²) in [5, 5.41) is 12.9. The predicted molar refractivity (Wildman–Crippen MR) is 83.3 cm³/mol. The molecule has 3 rings (SSSR count). The number of thiazole rings is 1. The molecule has 0 bridgehead atoms. The summed E-state index contributed by atoms with van der Waals surface area (Å²) in [4.78, 5) is 17.0. The van der Waals surface area contributed by atoms with E-state index in [1.165, 1.54) is 17.4 Å². The monoisotopic (exact) mass is 338 g/mol. The van der Waals surface area contributed by atoms with Crippen molar-refractivity contribution in [3.05, 3.63) is 46.5 Å². The average molecular weight is 338 g/mol. The molecule has 1 fully saturated rings. The molecule has 0 aliphatic heterocycles. The molecule has 1 aliphatic carbocycles. The third kappa shape index (κ3) is 3.73. The van der Waals surface area contributed by atoms with Crippen LogP contribution in [-0.4, -0.2) is 22.1 Å². The first-order valence-corrected chi connectivity index (χ1v) is 8.22. The molecule has 2 N–H and O–H groups in total. The number of benzene rings is 1. The van der Waals surface area contributed by atoms with Gasteiger partial charge in [0, 0.05) is 17.5 Å². The summed E-state index contributed by atoms with van der Waals surface area (Å²) in [7, 11) is 0. The lowest BCUT2D eigenvalue weighted by Crippen LogP contribution is -2.28. The van der Waals surface area contributed by atoms with Crippen molar-refractivity contribution in [1.82, 2.24) is 4.98 Å². The maximum atomic E-state index is 13.2. The van der Waals surface area contributed by atoms with Crippen molar-refractivity contribution in [2.24, 2.45) is 5.92 Å². The Bertz CT molecular complexity index is 720. The Morgan fingerprint density at radius 1 is 1.35 bits per heavy atom. The maximum absolute atomic E-state index is 13.2. The summed E-state index contributed by atoms with van der Waals surface area (Å²) in [5.74, 6) is -2.35. The summed E-state index contributed by atoms with van der Waals surface area (Å²) in [6.07, 6.45) is 3.61. The summed E-state index contributed by atoms with van der Waals surface area (Å²) >= 11 is 1.29. The van der Waals surface area contributed by atoms with Crippen molar-refractivity contribution in [1.29, 1.82) is 0 Å². The molecule has 1 saturated carbocycles. The number of hydrogen-bond acceptors (Lipinski definition) is 4. The number of aliphatic hydroxyl groups is 1. The fourth-order valence-electron chi connectivity index (χ4n) is 2.74. The fraction of sp³-hybridized carbons (Fsp3) is 0.375. The number of aromatic nitrogens is 1. The lowest BCUT2D eigenvalue weighted by atomic mass is 10.1. The molecule has 0 saturated heterocycles. The zero-order chi connectivity index (χ0) is 16.4. The van der Waals surface area contributed by atoms with E-state index in [4.69, 9.17) is 0 Å². The molecule has 1 aromatic carbocycles. The van der Waals surface area contributed by atoms with Gasteiger partial charge in [0.2, 0.25) is 5.91 Å². The number of carbonyl (C=O) groups is 1. The second-order valence-electron chi connectivity index (χ2n) is 5.65. The number of anilines is 1. The lowest BCUT2D eigenvalue weighted by molar-refractivity contribution is -0.122. The van der Waals surface area contributed by atoms with Gasteiger partial charge in [0.15, 0.2) is 16.8 Å². The second-order valence-corrected chi connectivity index (χ2v) is 6.77. The van der Waals surface area contributed by atoms with Crippen molar-refractivity contribution >= 4 is 22.4 Å². The van der Waals surface area contributed by atoms with Gasteiger partial charge in [0.05, 0.1) is 12.0 Å². The van der Waals surface area contributed by atoms with Crippen molar-refractivity contribution in [2.75, 3.05) is 5.32 Å². The van der Waals surface area contributed by atoms with E-state index in [1.807, 2.05) is 0 Å². The minimum absolute atomic E-state index is 0.219. The van der Waals surface area contributed by atoms with Crippen molar-refractivity contribution < 1.29 is 18.7 Å². The first-order chi connectivity index (χ1) is 11.0. The third-order valence-electron chi connectivity index (χ3n) is 3.96. The Labute approximate surface area is 136 Å². The van der Waals surface area contributed by atoms with Crippen LogP contribution in [0.2, 0.25) is 0 Å². The zero-order valence-electron chi connectivity index (χ0n) is 12.3. The van der Waals surface area contributed by atoms with E-state index in [2.05, 4.69) is 10.3 Å². The van der Waals surface area contributed by atoms with Gasteiger partial charge < -0.3 is 10.4 Å². The van der Waals surface area contributed by atoms with E-state index < -0.39 is 17.7 Å². The molecule has 1 amide bonds. The van der Waals surface area contributed by atoms with E-state index >= 15 is 0 Å². The lowest BCUT2D eigenvalue weighted by Gasteiger charge is -2.12. The number of hydrogen-bond donors (Lipinski definition) is 2. The number of nitrogens with one attached hydrogen (secondary N) is 1. The van der Waals surface area contributed by atoms with Crippen LogP contribution in [0, 0.1) is 17.6 Å². The van der Waals surface area contributed by atoms with Crippen molar-refractivity contribution in [3.63, 3.8) is 0 Å². The molecule has 1 heterocycles. The SMILES string of the molecule is O=C(Nc1ncc(Cc2ccc(F)c(F)c2)s1)C1CCCC1O. The van der Waals surface area contributed by atoms with Gasteiger partial charge in [-0.3, -0.25) is 4.79 Å². The minimum Gasteiger partial charge on any atom is -0.392 e. The average Bonchev–Trinajstić information content (AvgIpc) is 3.12. The highest BCUT2D eigenvalue weighted by Crippen LogP contribution is 2.28. The number of rotatable bonds is 4. The van der Waals surface area contributed by atoms with Gasteiger partial charge in [-0.2, -0.15) is 0 Å². The molecule has 4 nitrogen and oxygen atoms in total. The Morgan fingerprint density at radius 3 is 2.87 bits per heavy atom. The van der Waals surface area contributed by atoms with Gasteiger partial charge >= 0.3 is 0 Å². The molecule has 2 aromatic rings. The summed E-state index contributed by atoms with van der Waals surface area (Å²) in [6.45, 7) is 0. The van der Waals surface area contributed by atoms with E-state index in [0.29, 0.717) is 30.0 Å². The number of halogens is 2. The number of aliphatic hydroxyl groups excluding tert-OH is 1. The van der Waals surface area contributed by atoms with E-state index in [0.717, 1.165) is 23.4 Å². The van der Waals surface area contributed by atoms with E-state index in [1.54, 1.807) is 6.20 Å². The van der Waals surface area contributed by atoms with E-state index in [-0.39, 0.29) is 11.8 Å². The second kappa shape index (κ2) is 6.72. The fourth-order valence-corrected chi connectivity index (χ4v) is 3.59. The molecule has 122 valence electrons. The summed E-state index contributed by atoms with van der Waals surface area (Å²) in [5.41, 5.74) is 0.636. The zero-order valence-corrected chi connectivity index (χ0v) is 13.1. The predicted octanol–water partition coefficient (Wildman–Crippen LogP) is 3.11. The first-order valence-electron chi connectivity index (χ1n) is 7.40. The van der Waals surface area contributed by atoms with Crippen molar-refractivity contribution in [2.45, 2.75) is 31.8 Å². The van der Waals surface area contributed by atoms with Gasteiger partial charge in [0.1, 0.15) is 0 Å². The largest absolute Gasteiger partial charge is 0.392 e. The van der Waals surface area contributed by atoms with E-state index in [9.17, 15) is 18.7 Å². The molecule has 1 aliphatic rings. The first kappa shape index (κ1) is 16.0. The van der Waals surface area contributed by atoms with Gasteiger partial charge in [-0.05, 0) is 37.0 Å². The summed E-state index contributed by atoms with van der Waals surface area (Å²) in [6, 6.07) is 3.77. The van der Waals surface area contributed by atoms with Crippen molar-refractivity contribution in [3.8, 4) is 0 Å². The summed E-state index contributed by atoms with van der Waals surface area (Å²) < 4.78 is 26.1. The third-order valence-corrected chi connectivity index (χ3v) is 4.88. The highest BCUT2D eigenvalue weighted by molar-refractivity contribution is 7.15. The Hall–Kier alpha value is -1.86. The molecule has 2 atom stereocenters. The minimum atomic E-state index is -0.879. The molecular formula is C16H16F2N2O2S. The Kier molecular flexibility index (Phi) is 4.68. The Balaban J connectivity index is 1.63. The molecular weight excluding hydrogens is 322 g/mol. The number of amides is 1. The van der Waals surface area contributed by atoms with Crippen LogP contribution < -0.4 is 5.32 Å². The van der Waals surface area contributed by atoms with Crippen LogP contribution >= 0.6 is 11.3 Å². The molecule has 7 heteroatoms. The van der Waals surface area contributed by atoms with Crippen LogP contribution in [0.4, 0.5) is 13.9 Å². The topological polar surface area (TPSA) is 62.2 Å². The van der Waals surface area contributed by atoms with Gasteiger partial charge in [-0.15, -0.1) is 11.3 Å². The van der Waals surface area contributed by atoms with Crippen LogP contribution in [0.3, 0.4) is 0 Å². The number of nitrogens with zero attached hydrogens (tertiary/aromatic N) is 1. The highest BCUT2D eigenvalue weighted by atomic mass is 32.1. The molecule has 1 aromatic heterocycles. The number of carbonyl (C=O) groups excluding carboxylic acids is 1. The normalized spacial score (nSPS) is 20.7. The maximum Gasteiger partial charge on any atom is 0.231 e. The quantitative estimate of drug-likeness (QED) is 0.900. The van der Waals surface area contributed by atoms with Gasteiger partial charge in [-0.25, -0.2) is 13.8 Å². The smallest absolute Gasteiger partial charge is 0.231 e. The van der Waals surface area contributed by atoms with Crippen LogP contribution in [-0.2, 0) is 11.2 Å². The van der Waals surface area contributed by atoms with Crippen LogP contribution in [0.15, 0.2) is 24.4 Å². The highest BCUT2D eigenvalue weighted by Gasteiger charge is 2.31. The van der Waals surface area contributed by atoms with Gasteiger partial charge in [0.25, 0.3) is 0 Å². The Morgan fingerprint density at radius 2 is 2.17 bits per heavy atom. The van der Waals surface area contributed by atoms with Crippen LogP contribution in [0.25, 0.3) is 0 Å². The molecule has 0 spiro atoms. The standard InChI is InChI=1S/C16H16F2N2O2S/c17-12-5-4-9(7-13(12)18)6-10-8-19-16(23-10)20-15(22)11-2-1-3-14(11)21/h4-5,7-8,11,14,21H,1-3,6H2,(H,19,20,22). The van der Waals surface area contributed by atoms with Crippen LogP contribution in [0.1, 0.15) is 29.7 Å². The molecule has 2 unspecified atom stereocenters. The molecule has 0 radical (unpaired) electrons.